The number of rotatable bonds is 8. The van der Waals surface area contributed by atoms with Crippen LogP contribution in [0.25, 0.3) is 11.4 Å². The van der Waals surface area contributed by atoms with Crippen molar-refractivity contribution in [1.29, 1.82) is 5.26 Å². The third-order valence-electron chi connectivity index (χ3n) is 4.21. The third kappa shape index (κ3) is 4.81. The number of aromatic nitrogens is 3. The molecule has 0 unspecified atom stereocenters. The van der Waals surface area contributed by atoms with Crippen molar-refractivity contribution in [2.24, 2.45) is 7.05 Å². The molecule has 1 amide bonds. The van der Waals surface area contributed by atoms with E-state index in [2.05, 4.69) is 22.3 Å². The Morgan fingerprint density at radius 3 is 2.89 bits per heavy atom. The van der Waals surface area contributed by atoms with Crippen LogP contribution in [0, 0.1) is 18.3 Å². The highest BCUT2D eigenvalue weighted by molar-refractivity contribution is 7.99. The van der Waals surface area contributed by atoms with Crippen LogP contribution in [0.15, 0.2) is 52.2 Å². The van der Waals surface area contributed by atoms with E-state index in [1.807, 2.05) is 42.8 Å². The average Bonchev–Trinajstić information content (AvgIpc) is 3.33. The summed E-state index contributed by atoms with van der Waals surface area (Å²) in [7, 11) is 1.89. The molecule has 7 nitrogen and oxygen atoms in total. The molecular formula is C20H21N5O2S. The van der Waals surface area contributed by atoms with Crippen molar-refractivity contribution >= 4 is 17.7 Å². The first-order chi connectivity index (χ1) is 13.6. The lowest BCUT2D eigenvalue weighted by Gasteiger charge is -2.20. The largest absolute Gasteiger partial charge is 0.467 e. The quantitative estimate of drug-likeness (QED) is 0.543. The minimum Gasteiger partial charge on any atom is -0.467 e. The lowest BCUT2D eigenvalue weighted by Crippen LogP contribution is -2.32. The van der Waals surface area contributed by atoms with E-state index in [-0.39, 0.29) is 18.1 Å². The zero-order valence-electron chi connectivity index (χ0n) is 15.8. The van der Waals surface area contributed by atoms with Gasteiger partial charge in [0.2, 0.25) is 5.91 Å². The number of nitriles is 1. The van der Waals surface area contributed by atoms with Gasteiger partial charge in [-0.1, -0.05) is 35.5 Å². The highest BCUT2D eigenvalue weighted by Gasteiger charge is 2.18. The van der Waals surface area contributed by atoms with Gasteiger partial charge < -0.3 is 13.9 Å². The Balaban J connectivity index is 1.66. The molecule has 144 valence electrons. The molecule has 0 aliphatic carbocycles. The Morgan fingerprint density at radius 2 is 2.18 bits per heavy atom. The maximum atomic E-state index is 12.7. The average molecular weight is 395 g/mol. The highest BCUT2D eigenvalue weighted by atomic mass is 32.2. The van der Waals surface area contributed by atoms with Gasteiger partial charge in [0, 0.05) is 19.2 Å². The summed E-state index contributed by atoms with van der Waals surface area (Å²) in [4.78, 5) is 14.3. The monoisotopic (exact) mass is 395 g/mol. The summed E-state index contributed by atoms with van der Waals surface area (Å²) >= 11 is 1.33. The molecule has 2 heterocycles. The molecule has 0 N–H and O–H groups in total. The van der Waals surface area contributed by atoms with Crippen LogP contribution in [0.2, 0.25) is 0 Å². The first-order valence-corrected chi connectivity index (χ1v) is 9.83. The predicted molar refractivity (Wildman–Crippen MR) is 106 cm³/mol. The molecule has 3 rings (SSSR count). The number of furan rings is 1. The Labute approximate surface area is 168 Å². The van der Waals surface area contributed by atoms with Gasteiger partial charge in [-0.05, 0) is 25.1 Å². The summed E-state index contributed by atoms with van der Waals surface area (Å²) in [5, 5.41) is 18.0. The molecular weight excluding hydrogens is 374 g/mol. The summed E-state index contributed by atoms with van der Waals surface area (Å²) in [6, 6.07) is 13.7. The number of amides is 1. The Morgan fingerprint density at radius 1 is 1.32 bits per heavy atom. The van der Waals surface area contributed by atoms with Crippen molar-refractivity contribution in [3.8, 4) is 17.5 Å². The number of carbonyl (C=O) groups is 1. The lowest BCUT2D eigenvalue weighted by molar-refractivity contribution is -0.129. The Hall–Kier alpha value is -3.05. The smallest absolute Gasteiger partial charge is 0.233 e. The second kappa shape index (κ2) is 9.24. The molecule has 0 saturated heterocycles. The van der Waals surface area contributed by atoms with Gasteiger partial charge in [-0.2, -0.15) is 5.26 Å². The van der Waals surface area contributed by atoms with Crippen LogP contribution in [0.3, 0.4) is 0 Å². The van der Waals surface area contributed by atoms with Gasteiger partial charge in [0.25, 0.3) is 0 Å². The minimum absolute atomic E-state index is 0.0724. The molecule has 8 heteroatoms. The van der Waals surface area contributed by atoms with Crippen LogP contribution in [-0.4, -0.2) is 37.9 Å². The minimum atomic E-state index is -0.0724. The number of hydrogen-bond acceptors (Lipinski definition) is 6. The third-order valence-corrected chi connectivity index (χ3v) is 5.21. The second-order valence-electron chi connectivity index (χ2n) is 6.33. The van der Waals surface area contributed by atoms with Gasteiger partial charge in [0.15, 0.2) is 11.0 Å². The molecule has 0 atom stereocenters. The predicted octanol–water partition coefficient (Wildman–Crippen LogP) is 3.42. The number of thioether (sulfide) groups is 1. The maximum Gasteiger partial charge on any atom is 0.233 e. The number of aryl methyl sites for hydroxylation is 1. The topological polar surface area (TPSA) is 87.9 Å². The van der Waals surface area contributed by atoms with E-state index >= 15 is 0 Å². The van der Waals surface area contributed by atoms with E-state index in [4.69, 9.17) is 9.68 Å². The van der Waals surface area contributed by atoms with E-state index in [9.17, 15) is 4.79 Å². The van der Waals surface area contributed by atoms with Crippen LogP contribution in [-0.2, 0) is 18.4 Å². The maximum absolute atomic E-state index is 12.7. The molecule has 28 heavy (non-hydrogen) atoms. The van der Waals surface area contributed by atoms with Crippen molar-refractivity contribution in [1.82, 2.24) is 19.7 Å². The molecule has 2 aromatic heterocycles. The normalized spacial score (nSPS) is 10.6. The molecule has 0 radical (unpaired) electrons. The SMILES string of the molecule is Cc1cccc(-c2nnc(SCC(=O)N(CCC#N)Cc3ccco3)n2C)c1. The van der Waals surface area contributed by atoms with Crippen molar-refractivity contribution in [3.05, 3.63) is 54.0 Å². The van der Waals surface area contributed by atoms with Gasteiger partial charge in [0.1, 0.15) is 5.76 Å². The molecule has 0 spiro atoms. The van der Waals surface area contributed by atoms with E-state index in [1.165, 1.54) is 11.8 Å². The fourth-order valence-corrected chi connectivity index (χ4v) is 3.58. The summed E-state index contributed by atoms with van der Waals surface area (Å²) in [6.07, 6.45) is 1.85. The van der Waals surface area contributed by atoms with Crippen LogP contribution in [0.5, 0.6) is 0 Å². The standard InChI is InChI=1S/C20H21N5O2S/c1-15-6-3-7-16(12-15)19-22-23-20(24(19)2)28-14-18(26)25(10-5-9-21)13-17-8-4-11-27-17/h3-4,6-8,11-12H,5,10,13-14H2,1-2H3. The molecule has 0 fully saturated rings. The first-order valence-electron chi connectivity index (χ1n) is 8.85. The van der Waals surface area contributed by atoms with E-state index < -0.39 is 0 Å². The Bertz CT molecular complexity index is 975. The fourth-order valence-electron chi connectivity index (χ4n) is 2.76. The van der Waals surface area contributed by atoms with E-state index in [1.54, 1.807) is 17.2 Å². The lowest BCUT2D eigenvalue weighted by atomic mass is 10.1. The molecule has 0 aliphatic rings. The van der Waals surface area contributed by atoms with Crippen molar-refractivity contribution in [2.45, 2.75) is 25.0 Å². The van der Waals surface area contributed by atoms with Gasteiger partial charge >= 0.3 is 0 Å². The zero-order valence-corrected chi connectivity index (χ0v) is 16.6. The Kier molecular flexibility index (Phi) is 6.50. The van der Waals surface area contributed by atoms with Crippen LogP contribution in [0.1, 0.15) is 17.7 Å². The number of hydrogen-bond donors (Lipinski definition) is 0. The second-order valence-corrected chi connectivity index (χ2v) is 7.27. The number of benzene rings is 1. The molecule has 3 aromatic rings. The van der Waals surface area contributed by atoms with Crippen molar-refractivity contribution < 1.29 is 9.21 Å². The summed E-state index contributed by atoms with van der Waals surface area (Å²) in [6.45, 7) is 2.74. The van der Waals surface area contributed by atoms with Crippen LogP contribution < -0.4 is 0 Å². The van der Waals surface area contributed by atoms with Gasteiger partial charge in [-0.3, -0.25) is 4.79 Å². The van der Waals surface area contributed by atoms with Crippen LogP contribution >= 0.6 is 11.8 Å². The zero-order chi connectivity index (χ0) is 19.9. The van der Waals surface area contributed by atoms with Crippen LogP contribution in [0.4, 0.5) is 0 Å². The van der Waals surface area contributed by atoms with Crippen molar-refractivity contribution in [2.75, 3.05) is 12.3 Å². The van der Waals surface area contributed by atoms with Gasteiger partial charge in [-0.25, -0.2) is 0 Å². The molecule has 0 bridgehead atoms. The van der Waals surface area contributed by atoms with Crippen molar-refractivity contribution in [3.63, 3.8) is 0 Å². The first kappa shape index (κ1) is 19.7. The molecule has 0 saturated carbocycles. The van der Waals surface area contributed by atoms with E-state index in [0.29, 0.717) is 24.0 Å². The number of carbonyl (C=O) groups excluding carboxylic acids is 1. The summed E-state index contributed by atoms with van der Waals surface area (Å²) in [5.74, 6) is 1.59. The number of nitrogens with zero attached hydrogens (tertiary/aromatic N) is 5. The highest BCUT2D eigenvalue weighted by Crippen LogP contribution is 2.23. The molecule has 1 aromatic carbocycles. The fraction of sp³-hybridized carbons (Fsp3) is 0.300. The van der Waals surface area contributed by atoms with E-state index in [0.717, 1.165) is 17.0 Å². The summed E-state index contributed by atoms with van der Waals surface area (Å²) in [5.41, 5.74) is 2.14. The summed E-state index contributed by atoms with van der Waals surface area (Å²) < 4.78 is 7.22. The van der Waals surface area contributed by atoms with Gasteiger partial charge in [-0.15, -0.1) is 10.2 Å². The van der Waals surface area contributed by atoms with Gasteiger partial charge in [0.05, 0.1) is 31.1 Å². The molecule has 0 aliphatic heterocycles.